The van der Waals surface area contributed by atoms with E-state index in [1.54, 1.807) is 14.2 Å². The third-order valence-corrected chi connectivity index (χ3v) is 2.87. The van der Waals surface area contributed by atoms with E-state index >= 15 is 0 Å². The summed E-state index contributed by atoms with van der Waals surface area (Å²) in [5.41, 5.74) is 6.62. The first kappa shape index (κ1) is 15.5. The van der Waals surface area contributed by atoms with Gasteiger partial charge in [-0.25, -0.2) is 0 Å². The van der Waals surface area contributed by atoms with Crippen LogP contribution in [0.4, 0.5) is 0 Å². The smallest absolute Gasteiger partial charge is 0.118 e. The fraction of sp³-hybridized carbons (Fsp3) is 0.500. The van der Waals surface area contributed by atoms with Crippen molar-refractivity contribution in [3.05, 3.63) is 29.8 Å². The maximum absolute atomic E-state index is 7.30. The molecule has 0 atom stereocenters. The molecule has 3 N–H and O–H groups in total. The summed E-state index contributed by atoms with van der Waals surface area (Å²) in [5.74, 6) is 1.08. The second kappa shape index (κ2) is 8.50. The monoisotopic (exact) mass is 265 g/mol. The van der Waals surface area contributed by atoms with Gasteiger partial charge < -0.3 is 15.2 Å². The molecule has 0 unspecified atom stereocenters. The minimum absolute atomic E-state index is 0.220. The van der Waals surface area contributed by atoms with Crippen LogP contribution in [-0.2, 0) is 11.3 Å². The van der Waals surface area contributed by atoms with E-state index < -0.39 is 0 Å². The van der Waals surface area contributed by atoms with E-state index in [1.165, 1.54) is 5.56 Å². The number of methoxy groups -OCH3 is 2. The molecule has 0 aromatic heterocycles. The quantitative estimate of drug-likeness (QED) is 0.524. The lowest BCUT2D eigenvalue weighted by Gasteiger charge is -2.21. The number of nitrogens with zero attached hydrogens (tertiary/aromatic N) is 1. The van der Waals surface area contributed by atoms with Gasteiger partial charge in [0, 0.05) is 33.2 Å². The van der Waals surface area contributed by atoms with Crippen LogP contribution in [0, 0.1) is 5.41 Å². The summed E-state index contributed by atoms with van der Waals surface area (Å²) >= 11 is 0. The third-order valence-electron chi connectivity index (χ3n) is 2.87. The van der Waals surface area contributed by atoms with Crippen LogP contribution in [0.3, 0.4) is 0 Å². The van der Waals surface area contributed by atoms with E-state index in [1.807, 2.05) is 24.3 Å². The Morgan fingerprint density at radius 3 is 2.42 bits per heavy atom. The van der Waals surface area contributed by atoms with E-state index in [0.717, 1.165) is 25.4 Å². The van der Waals surface area contributed by atoms with Crippen molar-refractivity contribution in [1.29, 1.82) is 5.41 Å². The minimum atomic E-state index is 0.220. The lowest BCUT2D eigenvalue weighted by Crippen LogP contribution is -2.30. The summed E-state index contributed by atoms with van der Waals surface area (Å²) in [6, 6.07) is 8.00. The average molecular weight is 265 g/mol. The zero-order chi connectivity index (χ0) is 14.1. The Morgan fingerprint density at radius 2 is 1.89 bits per heavy atom. The molecular formula is C14H23N3O2. The Bertz CT molecular complexity index is 379. The Kier molecular flexibility index (Phi) is 6.92. The van der Waals surface area contributed by atoms with Crippen LogP contribution in [0.5, 0.6) is 5.75 Å². The summed E-state index contributed by atoms with van der Waals surface area (Å²) in [6.07, 6.45) is 0.583. The zero-order valence-corrected chi connectivity index (χ0v) is 11.7. The molecule has 0 heterocycles. The van der Waals surface area contributed by atoms with Gasteiger partial charge in [0.1, 0.15) is 5.75 Å². The number of rotatable bonds is 9. The van der Waals surface area contributed by atoms with Crippen LogP contribution >= 0.6 is 0 Å². The molecule has 1 aromatic carbocycles. The van der Waals surface area contributed by atoms with Gasteiger partial charge in [-0.1, -0.05) is 12.1 Å². The predicted molar refractivity (Wildman–Crippen MR) is 76.7 cm³/mol. The predicted octanol–water partition coefficient (Wildman–Crippen LogP) is 1.47. The highest BCUT2D eigenvalue weighted by Gasteiger charge is 2.06. The van der Waals surface area contributed by atoms with E-state index in [-0.39, 0.29) is 5.84 Å². The maximum atomic E-state index is 7.30. The van der Waals surface area contributed by atoms with Gasteiger partial charge in [-0.15, -0.1) is 0 Å². The minimum Gasteiger partial charge on any atom is -0.497 e. The normalized spacial score (nSPS) is 10.7. The van der Waals surface area contributed by atoms with Gasteiger partial charge in [-0.3, -0.25) is 10.3 Å². The summed E-state index contributed by atoms with van der Waals surface area (Å²) < 4.78 is 10.2. The molecule has 0 bridgehead atoms. The average Bonchev–Trinajstić information content (AvgIpc) is 2.42. The number of hydrogen-bond donors (Lipinski definition) is 2. The SMILES string of the molecule is COCCN(CCC(=N)N)Cc1ccc(OC)cc1. The molecule has 0 radical (unpaired) electrons. The molecule has 19 heavy (non-hydrogen) atoms. The Labute approximate surface area is 114 Å². The van der Waals surface area contributed by atoms with E-state index in [4.69, 9.17) is 20.6 Å². The zero-order valence-electron chi connectivity index (χ0n) is 11.7. The van der Waals surface area contributed by atoms with Crippen molar-refractivity contribution in [1.82, 2.24) is 4.90 Å². The lowest BCUT2D eigenvalue weighted by atomic mass is 10.2. The number of hydrogen-bond acceptors (Lipinski definition) is 4. The summed E-state index contributed by atoms with van der Waals surface area (Å²) in [7, 11) is 3.35. The molecule has 1 rings (SSSR count). The number of ether oxygens (including phenoxy) is 2. The van der Waals surface area contributed by atoms with Crippen LogP contribution < -0.4 is 10.5 Å². The van der Waals surface area contributed by atoms with Gasteiger partial charge in [0.2, 0.25) is 0 Å². The molecule has 0 saturated carbocycles. The van der Waals surface area contributed by atoms with E-state index in [2.05, 4.69) is 4.90 Å². The molecular weight excluding hydrogens is 242 g/mol. The molecule has 1 aromatic rings. The molecule has 0 spiro atoms. The van der Waals surface area contributed by atoms with Gasteiger partial charge in [-0.2, -0.15) is 0 Å². The Hall–Kier alpha value is -1.59. The van der Waals surface area contributed by atoms with Gasteiger partial charge in [0.15, 0.2) is 0 Å². The van der Waals surface area contributed by atoms with Crippen LogP contribution in [-0.4, -0.2) is 44.7 Å². The van der Waals surface area contributed by atoms with Crippen molar-refractivity contribution in [2.75, 3.05) is 33.9 Å². The highest BCUT2D eigenvalue weighted by molar-refractivity contribution is 5.76. The standard InChI is InChI=1S/C14H23N3O2/c1-18-10-9-17(8-7-14(15)16)11-12-3-5-13(19-2)6-4-12/h3-6H,7-11H2,1-2H3,(H3,15,16). The van der Waals surface area contributed by atoms with Gasteiger partial charge in [0.25, 0.3) is 0 Å². The second-order valence-electron chi connectivity index (χ2n) is 4.39. The summed E-state index contributed by atoms with van der Waals surface area (Å²) in [4.78, 5) is 2.23. The van der Waals surface area contributed by atoms with E-state index in [0.29, 0.717) is 13.0 Å². The Morgan fingerprint density at radius 1 is 1.21 bits per heavy atom. The molecule has 5 heteroatoms. The largest absolute Gasteiger partial charge is 0.497 e. The van der Waals surface area contributed by atoms with Crippen LogP contribution in [0.1, 0.15) is 12.0 Å². The van der Waals surface area contributed by atoms with Gasteiger partial charge in [0.05, 0.1) is 19.6 Å². The number of nitrogens with two attached hydrogens (primary N) is 1. The van der Waals surface area contributed by atoms with Gasteiger partial charge in [-0.05, 0) is 17.7 Å². The second-order valence-corrected chi connectivity index (χ2v) is 4.39. The molecule has 0 aliphatic heterocycles. The van der Waals surface area contributed by atoms with Crippen molar-refractivity contribution >= 4 is 5.84 Å². The van der Waals surface area contributed by atoms with Crippen molar-refractivity contribution in [2.24, 2.45) is 5.73 Å². The van der Waals surface area contributed by atoms with Crippen LogP contribution in [0.2, 0.25) is 0 Å². The first-order chi connectivity index (χ1) is 9.15. The van der Waals surface area contributed by atoms with E-state index in [9.17, 15) is 0 Å². The molecule has 0 saturated heterocycles. The van der Waals surface area contributed by atoms with Crippen molar-refractivity contribution < 1.29 is 9.47 Å². The summed E-state index contributed by atoms with van der Waals surface area (Å²) in [5, 5.41) is 7.30. The number of amidine groups is 1. The van der Waals surface area contributed by atoms with Crippen molar-refractivity contribution in [2.45, 2.75) is 13.0 Å². The fourth-order valence-electron chi connectivity index (χ4n) is 1.76. The lowest BCUT2D eigenvalue weighted by molar-refractivity contribution is 0.145. The highest BCUT2D eigenvalue weighted by atomic mass is 16.5. The van der Waals surface area contributed by atoms with Crippen LogP contribution in [0.15, 0.2) is 24.3 Å². The molecule has 106 valence electrons. The fourth-order valence-corrected chi connectivity index (χ4v) is 1.76. The Balaban J connectivity index is 2.55. The molecule has 0 aliphatic rings. The topological polar surface area (TPSA) is 71.6 Å². The highest BCUT2D eigenvalue weighted by Crippen LogP contribution is 2.13. The number of benzene rings is 1. The first-order valence-electron chi connectivity index (χ1n) is 6.33. The first-order valence-corrected chi connectivity index (χ1v) is 6.33. The maximum Gasteiger partial charge on any atom is 0.118 e. The molecule has 5 nitrogen and oxygen atoms in total. The van der Waals surface area contributed by atoms with Crippen LogP contribution in [0.25, 0.3) is 0 Å². The third kappa shape index (κ3) is 6.22. The molecule has 0 amide bonds. The van der Waals surface area contributed by atoms with Gasteiger partial charge >= 0.3 is 0 Å². The molecule has 0 aliphatic carbocycles. The van der Waals surface area contributed by atoms with Crippen molar-refractivity contribution in [3.63, 3.8) is 0 Å². The summed E-state index contributed by atoms with van der Waals surface area (Å²) in [6.45, 7) is 3.09. The molecule has 0 fully saturated rings. The van der Waals surface area contributed by atoms with Crippen molar-refractivity contribution in [3.8, 4) is 5.75 Å². The number of nitrogens with one attached hydrogen (secondary N) is 1.